The van der Waals surface area contributed by atoms with E-state index in [1.54, 1.807) is 0 Å². The largest absolute Gasteiger partial charge is 0.481 e. The number of carboxylic acids is 1. The fourth-order valence-corrected chi connectivity index (χ4v) is 2.25. The van der Waals surface area contributed by atoms with Gasteiger partial charge in [-0.15, -0.1) is 0 Å². The van der Waals surface area contributed by atoms with Crippen molar-refractivity contribution >= 4 is 11.8 Å². The standard InChI is InChI=1S/C14H26O3/c1-4-6-7-8-10-14(3,9-5-2)12(15)11-13(16)17/h4-11H2,1-3H3,(H,16,17). The fraction of sp³-hybridized carbons (Fsp3) is 0.857. The molecule has 3 heteroatoms. The normalized spacial score (nSPS) is 14.3. The first-order chi connectivity index (χ1) is 7.96. The smallest absolute Gasteiger partial charge is 0.310 e. The van der Waals surface area contributed by atoms with Crippen molar-refractivity contribution in [1.82, 2.24) is 0 Å². The van der Waals surface area contributed by atoms with E-state index in [9.17, 15) is 9.59 Å². The number of hydrogen-bond acceptors (Lipinski definition) is 2. The highest BCUT2D eigenvalue weighted by molar-refractivity contribution is 5.97. The van der Waals surface area contributed by atoms with Gasteiger partial charge in [-0.2, -0.15) is 0 Å². The minimum atomic E-state index is -1.01. The highest BCUT2D eigenvalue weighted by Gasteiger charge is 2.32. The zero-order chi connectivity index (χ0) is 13.3. The Morgan fingerprint density at radius 3 is 2.12 bits per heavy atom. The maximum absolute atomic E-state index is 11.9. The summed E-state index contributed by atoms with van der Waals surface area (Å²) in [6.07, 6.45) is 6.74. The number of carbonyl (C=O) groups is 2. The van der Waals surface area contributed by atoms with Gasteiger partial charge in [0.1, 0.15) is 12.2 Å². The van der Waals surface area contributed by atoms with Crippen LogP contribution in [0.25, 0.3) is 0 Å². The molecule has 100 valence electrons. The molecule has 0 saturated carbocycles. The predicted molar refractivity (Wildman–Crippen MR) is 69.0 cm³/mol. The predicted octanol–water partition coefficient (Wildman–Crippen LogP) is 3.81. The number of ketones is 1. The third-order valence-corrected chi connectivity index (χ3v) is 3.37. The first kappa shape index (κ1) is 16.1. The van der Waals surface area contributed by atoms with Gasteiger partial charge in [0.25, 0.3) is 0 Å². The van der Waals surface area contributed by atoms with E-state index in [1.807, 2.05) is 13.8 Å². The van der Waals surface area contributed by atoms with Gasteiger partial charge in [-0.05, 0) is 12.8 Å². The van der Waals surface area contributed by atoms with Crippen molar-refractivity contribution in [3.8, 4) is 0 Å². The van der Waals surface area contributed by atoms with Crippen LogP contribution < -0.4 is 0 Å². The average Bonchev–Trinajstić information content (AvgIpc) is 2.24. The van der Waals surface area contributed by atoms with Crippen molar-refractivity contribution in [3.05, 3.63) is 0 Å². The third-order valence-electron chi connectivity index (χ3n) is 3.37. The van der Waals surface area contributed by atoms with E-state index in [1.165, 1.54) is 12.8 Å². The molecule has 0 amide bonds. The van der Waals surface area contributed by atoms with Crippen LogP contribution in [0.2, 0.25) is 0 Å². The number of Topliss-reactive ketones (excluding diaryl/α,β-unsaturated/α-hetero) is 1. The van der Waals surface area contributed by atoms with E-state index >= 15 is 0 Å². The van der Waals surface area contributed by atoms with Gasteiger partial charge in [-0.25, -0.2) is 0 Å². The van der Waals surface area contributed by atoms with Gasteiger partial charge in [-0.1, -0.05) is 52.9 Å². The minimum absolute atomic E-state index is 0.108. The number of aliphatic carboxylic acids is 1. The number of unbranched alkanes of at least 4 members (excludes halogenated alkanes) is 3. The summed E-state index contributed by atoms with van der Waals surface area (Å²) in [5.74, 6) is -1.12. The first-order valence-electron chi connectivity index (χ1n) is 6.71. The molecule has 1 atom stereocenters. The maximum atomic E-state index is 11.9. The summed E-state index contributed by atoms with van der Waals surface area (Å²) in [6.45, 7) is 6.12. The van der Waals surface area contributed by atoms with Crippen LogP contribution in [0.4, 0.5) is 0 Å². The van der Waals surface area contributed by atoms with E-state index in [0.29, 0.717) is 0 Å². The highest BCUT2D eigenvalue weighted by Crippen LogP contribution is 2.32. The lowest BCUT2D eigenvalue weighted by Gasteiger charge is -2.27. The molecule has 0 aliphatic carbocycles. The van der Waals surface area contributed by atoms with E-state index in [4.69, 9.17) is 5.11 Å². The molecule has 17 heavy (non-hydrogen) atoms. The minimum Gasteiger partial charge on any atom is -0.481 e. The Kier molecular flexibility index (Phi) is 7.85. The van der Waals surface area contributed by atoms with Crippen LogP contribution in [0, 0.1) is 5.41 Å². The number of hydrogen-bond donors (Lipinski definition) is 1. The Morgan fingerprint density at radius 1 is 1.00 bits per heavy atom. The molecule has 0 heterocycles. The summed E-state index contributed by atoms with van der Waals surface area (Å²) in [5.41, 5.74) is -0.430. The molecule has 0 spiro atoms. The van der Waals surface area contributed by atoms with Crippen LogP contribution in [0.3, 0.4) is 0 Å². The van der Waals surface area contributed by atoms with Crippen molar-refractivity contribution < 1.29 is 14.7 Å². The topological polar surface area (TPSA) is 54.4 Å². The summed E-state index contributed by atoms with van der Waals surface area (Å²) in [7, 11) is 0. The molecular weight excluding hydrogens is 216 g/mol. The summed E-state index contributed by atoms with van der Waals surface area (Å²) in [6, 6.07) is 0. The Labute approximate surface area is 105 Å². The fourth-order valence-electron chi connectivity index (χ4n) is 2.25. The van der Waals surface area contributed by atoms with Crippen LogP contribution in [0.15, 0.2) is 0 Å². The van der Waals surface area contributed by atoms with Crippen LogP contribution in [-0.2, 0) is 9.59 Å². The van der Waals surface area contributed by atoms with E-state index in [2.05, 4.69) is 6.92 Å². The van der Waals surface area contributed by atoms with Crippen LogP contribution in [-0.4, -0.2) is 16.9 Å². The van der Waals surface area contributed by atoms with Gasteiger partial charge in [0.15, 0.2) is 0 Å². The lowest BCUT2D eigenvalue weighted by molar-refractivity contribution is -0.143. The molecule has 0 radical (unpaired) electrons. The molecule has 0 rings (SSSR count). The van der Waals surface area contributed by atoms with E-state index < -0.39 is 11.4 Å². The molecule has 0 fully saturated rings. The summed E-state index contributed by atoms with van der Waals surface area (Å²) >= 11 is 0. The monoisotopic (exact) mass is 242 g/mol. The van der Waals surface area contributed by atoms with Gasteiger partial charge in [0.2, 0.25) is 0 Å². The lowest BCUT2D eigenvalue weighted by atomic mass is 9.76. The Hall–Kier alpha value is -0.860. The van der Waals surface area contributed by atoms with Crippen molar-refractivity contribution in [2.75, 3.05) is 0 Å². The Balaban J connectivity index is 4.32. The molecule has 0 saturated heterocycles. The third kappa shape index (κ3) is 6.44. The average molecular weight is 242 g/mol. The first-order valence-corrected chi connectivity index (χ1v) is 6.71. The van der Waals surface area contributed by atoms with Crippen molar-refractivity contribution in [1.29, 1.82) is 0 Å². The molecule has 0 aliphatic heterocycles. The van der Waals surface area contributed by atoms with Gasteiger partial charge >= 0.3 is 5.97 Å². The molecular formula is C14H26O3. The quantitative estimate of drug-likeness (QED) is 0.468. The van der Waals surface area contributed by atoms with Crippen LogP contribution in [0.5, 0.6) is 0 Å². The summed E-state index contributed by atoms with van der Waals surface area (Å²) in [4.78, 5) is 22.6. The lowest BCUT2D eigenvalue weighted by Crippen LogP contribution is -2.29. The van der Waals surface area contributed by atoms with Crippen molar-refractivity contribution in [3.63, 3.8) is 0 Å². The van der Waals surface area contributed by atoms with Crippen LogP contribution >= 0.6 is 0 Å². The highest BCUT2D eigenvalue weighted by atomic mass is 16.4. The maximum Gasteiger partial charge on any atom is 0.310 e. The Morgan fingerprint density at radius 2 is 1.65 bits per heavy atom. The Bertz CT molecular complexity index is 248. The van der Waals surface area contributed by atoms with Gasteiger partial charge in [-0.3, -0.25) is 9.59 Å². The SMILES string of the molecule is CCCCCCC(C)(CCC)C(=O)CC(=O)O. The second-order valence-electron chi connectivity index (χ2n) is 5.12. The molecule has 0 bridgehead atoms. The molecule has 0 aromatic carbocycles. The van der Waals surface area contributed by atoms with Gasteiger partial charge in [0, 0.05) is 5.41 Å². The molecule has 1 unspecified atom stereocenters. The van der Waals surface area contributed by atoms with Crippen molar-refractivity contribution in [2.45, 2.75) is 72.1 Å². The summed E-state index contributed by atoms with van der Waals surface area (Å²) < 4.78 is 0. The number of carboxylic acid groups (broad SMARTS) is 1. The zero-order valence-corrected chi connectivity index (χ0v) is 11.4. The van der Waals surface area contributed by atoms with Crippen LogP contribution in [0.1, 0.15) is 72.1 Å². The van der Waals surface area contributed by atoms with Gasteiger partial charge < -0.3 is 5.11 Å². The number of carbonyl (C=O) groups excluding carboxylic acids is 1. The van der Waals surface area contributed by atoms with Crippen molar-refractivity contribution in [2.24, 2.45) is 5.41 Å². The zero-order valence-electron chi connectivity index (χ0n) is 11.4. The number of rotatable bonds is 10. The second-order valence-corrected chi connectivity index (χ2v) is 5.12. The van der Waals surface area contributed by atoms with E-state index in [0.717, 1.165) is 32.1 Å². The summed E-state index contributed by atoms with van der Waals surface area (Å²) in [5, 5.41) is 8.70. The second kappa shape index (κ2) is 8.26. The molecule has 3 nitrogen and oxygen atoms in total. The molecule has 1 N–H and O–H groups in total. The van der Waals surface area contributed by atoms with Gasteiger partial charge in [0.05, 0.1) is 0 Å². The van der Waals surface area contributed by atoms with E-state index in [-0.39, 0.29) is 12.2 Å². The molecule has 0 aromatic rings. The molecule has 0 aliphatic rings. The molecule has 0 aromatic heterocycles.